The van der Waals surface area contributed by atoms with E-state index in [0.29, 0.717) is 25.9 Å². The molecule has 6 heteroatoms. The van der Waals surface area contributed by atoms with Crippen LogP contribution in [0.2, 0.25) is 0 Å². The number of hydrogen-bond acceptors (Lipinski definition) is 6. The first-order valence-electron chi connectivity index (χ1n) is 7.47. The summed E-state index contributed by atoms with van der Waals surface area (Å²) in [6, 6.07) is -1.20. The molecule has 0 aliphatic carbocycles. The maximum atomic E-state index is 12.1. The molecule has 0 heterocycles. The van der Waals surface area contributed by atoms with Crippen LogP contribution in [0.3, 0.4) is 0 Å². The van der Waals surface area contributed by atoms with Gasteiger partial charge in [0, 0.05) is 0 Å². The summed E-state index contributed by atoms with van der Waals surface area (Å²) >= 11 is 0. The fourth-order valence-corrected chi connectivity index (χ4v) is 2.07. The molecule has 0 amide bonds. The molecule has 3 atom stereocenters. The summed E-state index contributed by atoms with van der Waals surface area (Å²) in [6.45, 7) is 2.99. The maximum absolute atomic E-state index is 12.1. The van der Waals surface area contributed by atoms with E-state index in [0.717, 1.165) is 32.0 Å². The number of carbonyl (C=O) groups excluding carboxylic acids is 2. The lowest BCUT2D eigenvalue weighted by molar-refractivity contribution is -0.122. The Kier molecular flexibility index (Phi) is 11.5. The summed E-state index contributed by atoms with van der Waals surface area (Å²) in [5, 5.41) is 3.03. The van der Waals surface area contributed by atoms with Crippen LogP contribution in [0.15, 0.2) is 0 Å². The molecule has 0 aliphatic heterocycles. The third kappa shape index (κ3) is 8.37. The predicted molar refractivity (Wildman–Crippen MR) is 81.2 cm³/mol. The Bertz CT molecular complexity index is 274. The highest BCUT2D eigenvalue weighted by Gasteiger charge is 2.22. The van der Waals surface area contributed by atoms with Crippen molar-refractivity contribution in [3.8, 4) is 0 Å². The van der Waals surface area contributed by atoms with Gasteiger partial charge in [-0.05, 0) is 45.7 Å². The van der Waals surface area contributed by atoms with Crippen LogP contribution >= 0.6 is 0 Å². The summed E-state index contributed by atoms with van der Waals surface area (Å²) in [7, 11) is 0. The van der Waals surface area contributed by atoms with Gasteiger partial charge in [-0.2, -0.15) is 0 Å². The van der Waals surface area contributed by atoms with Crippen molar-refractivity contribution in [3.05, 3.63) is 0 Å². The van der Waals surface area contributed by atoms with Crippen LogP contribution < -0.4 is 22.5 Å². The lowest BCUT2D eigenvalue weighted by atomic mass is 10.0. The molecule has 0 fully saturated rings. The van der Waals surface area contributed by atoms with Crippen LogP contribution in [-0.4, -0.2) is 43.3 Å². The van der Waals surface area contributed by atoms with Gasteiger partial charge in [0.05, 0.1) is 18.1 Å². The molecular weight excluding hydrogens is 256 g/mol. The summed E-state index contributed by atoms with van der Waals surface area (Å²) < 4.78 is 0. The van der Waals surface area contributed by atoms with E-state index in [4.69, 9.17) is 17.2 Å². The minimum absolute atomic E-state index is 0.0484. The highest BCUT2D eigenvalue weighted by Crippen LogP contribution is 2.04. The Morgan fingerprint density at radius 2 is 1.65 bits per heavy atom. The fraction of sp³-hybridized carbons (Fsp3) is 0.857. The zero-order valence-corrected chi connectivity index (χ0v) is 12.5. The largest absolute Gasteiger partial charge is 0.330 e. The van der Waals surface area contributed by atoms with Gasteiger partial charge in [0.2, 0.25) is 0 Å². The summed E-state index contributed by atoms with van der Waals surface area (Å²) in [5.41, 5.74) is 16.7. The molecule has 0 spiro atoms. The quantitative estimate of drug-likeness (QED) is 0.272. The summed E-state index contributed by atoms with van der Waals surface area (Å²) in [4.78, 5) is 23.1. The molecule has 0 saturated carbocycles. The topological polar surface area (TPSA) is 124 Å². The molecule has 0 aromatic rings. The highest BCUT2D eigenvalue weighted by molar-refractivity contribution is 5.88. The molecule has 7 N–H and O–H groups in total. The standard InChI is InChI=1S/C14H30N4O2/c1-11(14(20)13(17)7-3-5-9-16)18-12(10-19)6-2-4-8-15/h10-13,18H,2-9,15-17H2,1H3/t11?,12-,13+/m1/s1. The smallest absolute Gasteiger partial charge is 0.166 e. The van der Waals surface area contributed by atoms with Crippen LogP contribution in [0.4, 0.5) is 0 Å². The lowest BCUT2D eigenvalue weighted by Gasteiger charge is -2.21. The van der Waals surface area contributed by atoms with Gasteiger partial charge in [-0.3, -0.25) is 10.1 Å². The van der Waals surface area contributed by atoms with Gasteiger partial charge in [0.15, 0.2) is 5.78 Å². The van der Waals surface area contributed by atoms with Crippen LogP contribution in [-0.2, 0) is 9.59 Å². The van der Waals surface area contributed by atoms with Crippen molar-refractivity contribution in [3.63, 3.8) is 0 Å². The van der Waals surface area contributed by atoms with Gasteiger partial charge in [0.25, 0.3) is 0 Å². The van der Waals surface area contributed by atoms with Gasteiger partial charge in [0.1, 0.15) is 6.29 Å². The molecular formula is C14H30N4O2. The number of aldehydes is 1. The van der Waals surface area contributed by atoms with Gasteiger partial charge in [-0.15, -0.1) is 0 Å². The number of hydrogen-bond donors (Lipinski definition) is 4. The number of nitrogens with two attached hydrogens (primary N) is 3. The second kappa shape index (κ2) is 12.0. The molecule has 0 aliphatic rings. The number of nitrogens with one attached hydrogen (secondary N) is 1. The number of rotatable bonds is 13. The van der Waals surface area contributed by atoms with E-state index in [1.807, 2.05) is 0 Å². The number of carbonyl (C=O) groups is 2. The van der Waals surface area contributed by atoms with Crippen LogP contribution in [0.1, 0.15) is 45.4 Å². The van der Waals surface area contributed by atoms with Crippen LogP contribution in [0.5, 0.6) is 0 Å². The van der Waals surface area contributed by atoms with E-state index in [1.54, 1.807) is 6.92 Å². The van der Waals surface area contributed by atoms with Crippen molar-refractivity contribution in [2.75, 3.05) is 13.1 Å². The summed E-state index contributed by atoms with van der Waals surface area (Å²) in [5.74, 6) is -0.0484. The summed E-state index contributed by atoms with van der Waals surface area (Å²) in [6.07, 6.45) is 5.66. The first kappa shape index (κ1) is 19.2. The Balaban J connectivity index is 4.10. The average Bonchev–Trinajstić information content (AvgIpc) is 2.45. The van der Waals surface area contributed by atoms with Crippen molar-refractivity contribution >= 4 is 12.1 Å². The predicted octanol–water partition coefficient (Wildman–Crippen LogP) is -0.314. The van der Waals surface area contributed by atoms with Gasteiger partial charge in [-0.25, -0.2) is 0 Å². The van der Waals surface area contributed by atoms with Crippen molar-refractivity contribution in [2.45, 2.75) is 63.6 Å². The monoisotopic (exact) mass is 286 g/mol. The minimum Gasteiger partial charge on any atom is -0.330 e. The Morgan fingerprint density at radius 1 is 1.10 bits per heavy atom. The second-order valence-electron chi connectivity index (χ2n) is 5.21. The second-order valence-corrected chi connectivity index (χ2v) is 5.21. The molecule has 0 bridgehead atoms. The molecule has 0 rings (SSSR count). The van der Waals surface area contributed by atoms with E-state index in [9.17, 15) is 9.59 Å². The Labute approximate surface area is 121 Å². The Hall–Kier alpha value is -0.820. The van der Waals surface area contributed by atoms with E-state index in [1.165, 1.54) is 0 Å². The molecule has 1 unspecified atom stereocenters. The van der Waals surface area contributed by atoms with Crippen molar-refractivity contribution in [1.29, 1.82) is 0 Å². The highest BCUT2D eigenvalue weighted by atomic mass is 16.1. The van der Waals surface area contributed by atoms with E-state index < -0.39 is 12.1 Å². The van der Waals surface area contributed by atoms with Crippen molar-refractivity contribution in [2.24, 2.45) is 17.2 Å². The fourth-order valence-electron chi connectivity index (χ4n) is 2.07. The van der Waals surface area contributed by atoms with E-state index >= 15 is 0 Å². The van der Waals surface area contributed by atoms with E-state index in [-0.39, 0.29) is 11.8 Å². The molecule has 0 radical (unpaired) electrons. The van der Waals surface area contributed by atoms with Crippen LogP contribution in [0, 0.1) is 0 Å². The number of unbranched alkanes of at least 4 members (excludes halogenated alkanes) is 2. The SMILES string of the molecule is CC(N[C@@H](C=O)CCCCN)C(=O)[C@@H](N)CCCCN. The third-order valence-corrected chi connectivity index (χ3v) is 3.36. The molecule has 0 aromatic heterocycles. The number of ketones is 1. The molecule has 0 aromatic carbocycles. The first-order chi connectivity index (χ1) is 9.56. The molecule has 20 heavy (non-hydrogen) atoms. The first-order valence-corrected chi connectivity index (χ1v) is 7.47. The normalized spacial score (nSPS) is 15.6. The van der Waals surface area contributed by atoms with Gasteiger partial charge >= 0.3 is 0 Å². The maximum Gasteiger partial charge on any atom is 0.166 e. The lowest BCUT2D eigenvalue weighted by Crippen LogP contribution is -2.48. The minimum atomic E-state index is -0.486. The van der Waals surface area contributed by atoms with Crippen LogP contribution in [0.25, 0.3) is 0 Å². The zero-order chi connectivity index (χ0) is 15.4. The van der Waals surface area contributed by atoms with Crippen molar-refractivity contribution in [1.82, 2.24) is 5.32 Å². The third-order valence-electron chi connectivity index (χ3n) is 3.36. The van der Waals surface area contributed by atoms with Gasteiger partial charge in [-0.1, -0.05) is 12.8 Å². The number of Topliss-reactive ketones (excluding diaryl/α,β-unsaturated/α-hetero) is 1. The average molecular weight is 286 g/mol. The van der Waals surface area contributed by atoms with E-state index in [2.05, 4.69) is 5.32 Å². The zero-order valence-electron chi connectivity index (χ0n) is 12.5. The Morgan fingerprint density at radius 3 is 2.15 bits per heavy atom. The molecule has 6 nitrogen and oxygen atoms in total. The van der Waals surface area contributed by atoms with Crippen molar-refractivity contribution < 1.29 is 9.59 Å². The van der Waals surface area contributed by atoms with Gasteiger partial charge < -0.3 is 22.0 Å². The molecule has 0 saturated heterocycles. The molecule has 118 valence electrons.